The van der Waals surface area contributed by atoms with Gasteiger partial charge in [0.05, 0.1) is 0 Å². The zero-order valence-electron chi connectivity index (χ0n) is 13.6. The fourth-order valence-electron chi connectivity index (χ4n) is 3.17. The highest BCUT2D eigenvalue weighted by Crippen LogP contribution is 2.27. The fourth-order valence-corrected chi connectivity index (χ4v) is 3.17. The van der Waals surface area contributed by atoms with E-state index in [1.54, 1.807) is 0 Å². The predicted octanol–water partition coefficient (Wildman–Crippen LogP) is 2.60. The highest BCUT2D eigenvalue weighted by atomic mass is 16.2. The highest BCUT2D eigenvalue weighted by Gasteiger charge is 2.27. The van der Waals surface area contributed by atoms with E-state index in [1.165, 1.54) is 11.1 Å². The molecule has 2 amide bonds. The first-order chi connectivity index (χ1) is 11.7. The summed E-state index contributed by atoms with van der Waals surface area (Å²) in [6.07, 6.45) is 1.85. The largest absolute Gasteiger partial charge is 0.354 e. The molecular formula is C20H22N2O2. The summed E-state index contributed by atoms with van der Waals surface area (Å²) in [4.78, 5) is 23.3. The van der Waals surface area contributed by atoms with Crippen molar-refractivity contribution in [3.05, 3.63) is 71.8 Å². The summed E-state index contributed by atoms with van der Waals surface area (Å²) >= 11 is 0. The van der Waals surface area contributed by atoms with E-state index >= 15 is 0 Å². The summed E-state index contributed by atoms with van der Waals surface area (Å²) in [5, 5.41) is 5.67. The van der Waals surface area contributed by atoms with Crippen molar-refractivity contribution < 1.29 is 9.59 Å². The number of hydrogen-bond donors (Lipinski definition) is 2. The van der Waals surface area contributed by atoms with E-state index in [4.69, 9.17) is 0 Å². The minimum Gasteiger partial charge on any atom is -0.354 e. The third kappa shape index (κ3) is 4.02. The van der Waals surface area contributed by atoms with Crippen LogP contribution in [0.3, 0.4) is 0 Å². The van der Waals surface area contributed by atoms with Crippen molar-refractivity contribution in [3.63, 3.8) is 0 Å². The number of rotatable bonds is 6. The van der Waals surface area contributed by atoms with Gasteiger partial charge in [-0.25, -0.2) is 0 Å². The van der Waals surface area contributed by atoms with Crippen LogP contribution < -0.4 is 10.6 Å². The molecule has 0 radical (unpaired) electrons. The molecule has 1 atom stereocenters. The topological polar surface area (TPSA) is 58.2 Å². The maximum atomic E-state index is 12.1. The molecule has 1 heterocycles. The van der Waals surface area contributed by atoms with Gasteiger partial charge in [0.1, 0.15) is 6.04 Å². The van der Waals surface area contributed by atoms with E-state index in [0.29, 0.717) is 19.4 Å². The molecule has 1 aliphatic rings. The van der Waals surface area contributed by atoms with Gasteiger partial charge in [0, 0.05) is 18.9 Å². The van der Waals surface area contributed by atoms with Crippen molar-refractivity contribution >= 4 is 11.8 Å². The number of carbonyl (C=O) groups is 2. The smallest absolute Gasteiger partial charge is 0.242 e. The van der Waals surface area contributed by atoms with Gasteiger partial charge in [-0.1, -0.05) is 60.7 Å². The molecule has 0 aromatic heterocycles. The summed E-state index contributed by atoms with van der Waals surface area (Å²) in [7, 11) is 0. The molecule has 124 valence electrons. The molecule has 0 spiro atoms. The second-order valence-corrected chi connectivity index (χ2v) is 6.11. The van der Waals surface area contributed by atoms with E-state index in [-0.39, 0.29) is 23.8 Å². The quantitative estimate of drug-likeness (QED) is 0.859. The molecule has 2 aromatic carbocycles. The first kappa shape index (κ1) is 16.2. The second kappa shape index (κ2) is 7.77. The maximum absolute atomic E-state index is 12.1. The van der Waals surface area contributed by atoms with E-state index in [9.17, 15) is 9.59 Å². The Hall–Kier alpha value is -2.62. The maximum Gasteiger partial charge on any atom is 0.242 e. The summed E-state index contributed by atoms with van der Waals surface area (Å²) < 4.78 is 0. The van der Waals surface area contributed by atoms with E-state index in [1.807, 2.05) is 36.4 Å². The monoisotopic (exact) mass is 322 g/mol. The SMILES string of the molecule is O=C1CCC(C(=O)NCCC(c2ccccc2)c2ccccc2)N1. The summed E-state index contributed by atoms with van der Waals surface area (Å²) in [6.45, 7) is 0.583. The zero-order chi connectivity index (χ0) is 16.8. The van der Waals surface area contributed by atoms with Crippen LogP contribution in [0.25, 0.3) is 0 Å². The van der Waals surface area contributed by atoms with Gasteiger partial charge >= 0.3 is 0 Å². The molecule has 1 fully saturated rings. The molecule has 0 saturated carbocycles. The Kier molecular flexibility index (Phi) is 5.26. The Morgan fingerprint density at radius 3 is 2.12 bits per heavy atom. The third-order valence-electron chi connectivity index (χ3n) is 4.45. The average Bonchev–Trinajstić information content (AvgIpc) is 3.07. The molecular weight excluding hydrogens is 300 g/mol. The predicted molar refractivity (Wildman–Crippen MR) is 93.5 cm³/mol. The zero-order valence-corrected chi connectivity index (χ0v) is 13.6. The van der Waals surface area contributed by atoms with Crippen molar-refractivity contribution in [2.24, 2.45) is 0 Å². The molecule has 24 heavy (non-hydrogen) atoms. The molecule has 1 saturated heterocycles. The summed E-state index contributed by atoms with van der Waals surface area (Å²) in [5.74, 6) is 0.119. The minimum absolute atomic E-state index is 0.0402. The normalized spacial score (nSPS) is 16.9. The van der Waals surface area contributed by atoms with Gasteiger partial charge in [-0.05, 0) is 24.0 Å². The lowest BCUT2D eigenvalue weighted by molar-refractivity contribution is -0.125. The van der Waals surface area contributed by atoms with Crippen LogP contribution in [-0.4, -0.2) is 24.4 Å². The van der Waals surface area contributed by atoms with Crippen molar-refractivity contribution in [1.82, 2.24) is 10.6 Å². The van der Waals surface area contributed by atoms with Gasteiger partial charge < -0.3 is 10.6 Å². The van der Waals surface area contributed by atoms with Crippen molar-refractivity contribution in [2.75, 3.05) is 6.54 Å². The van der Waals surface area contributed by atoms with Gasteiger partial charge in [0.15, 0.2) is 0 Å². The Morgan fingerprint density at radius 2 is 1.62 bits per heavy atom. The van der Waals surface area contributed by atoms with E-state index in [0.717, 1.165) is 6.42 Å². The highest BCUT2D eigenvalue weighted by molar-refractivity contribution is 5.90. The molecule has 1 unspecified atom stereocenters. The van der Waals surface area contributed by atoms with E-state index < -0.39 is 0 Å². The number of amides is 2. The van der Waals surface area contributed by atoms with Crippen LogP contribution >= 0.6 is 0 Å². The molecule has 4 heteroatoms. The molecule has 3 rings (SSSR count). The molecule has 0 bridgehead atoms. The molecule has 0 aliphatic carbocycles. The summed E-state index contributed by atoms with van der Waals surface area (Å²) in [6, 6.07) is 20.3. The Balaban J connectivity index is 1.63. The Morgan fingerprint density at radius 1 is 1.04 bits per heavy atom. The average molecular weight is 322 g/mol. The molecule has 2 N–H and O–H groups in total. The van der Waals surface area contributed by atoms with Crippen LogP contribution in [0.15, 0.2) is 60.7 Å². The van der Waals surface area contributed by atoms with Gasteiger partial charge in [-0.3, -0.25) is 9.59 Å². The minimum atomic E-state index is -0.371. The van der Waals surface area contributed by atoms with Crippen LogP contribution in [-0.2, 0) is 9.59 Å². The third-order valence-corrected chi connectivity index (χ3v) is 4.45. The lowest BCUT2D eigenvalue weighted by Crippen LogP contribution is -2.42. The lowest BCUT2D eigenvalue weighted by atomic mass is 9.88. The first-order valence-corrected chi connectivity index (χ1v) is 8.41. The van der Waals surface area contributed by atoms with Crippen LogP contribution in [0.5, 0.6) is 0 Å². The lowest BCUT2D eigenvalue weighted by Gasteiger charge is -2.19. The molecule has 2 aromatic rings. The van der Waals surface area contributed by atoms with Crippen molar-refractivity contribution in [1.29, 1.82) is 0 Å². The van der Waals surface area contributed by atoms with Gasteiger partial charge in [-0.15, -0.1) is 0 Å². The number of benzene rings is 2. The fraction of sp³-hybridized carbons (Fsp3) is 0.300. The summed E-state index contributed by atoms with van der Waals surface area (Å²) in [5.41, 5.74) is 2.49. The second-order valence-electron chi connectivity index (χ2n) is 6.11. The van der Waals surface area contributed by atoms with Crippen LogP contribution in [0, 0.1) is 0 Å². The number of hydrogen-bond acceptors (Lipinski definition) is 2. The number of carbonyl (C=O) groups excluding carboxylic acids is 2. The Bertz CT molecular complexity index is 646. The molecule has 1 aliphatic heterocycles. The first-order valence-electron chi connectivity index (χ1n) is 8.41. The molecule has 4 nitrogen and oxygen atoms in total. The van der Waals surface area contributed by atoms with E-state index in [2.05, 4.69) is 34.9 Å². The van der Waals surface area contributed by atoms with Crippen LogP contribution in [0.4, 0.5) is 0 Å². The van der Waals surface area contributed by atoms with Crippen LogP contribution in [0.1, 0.15) is 36.3 Å². The van der Waals surface area contributed by atoms with Gasteiger partial charge in [0.2, 0.25) is 11.8 Å². The van der Waals surface area contributed by atoms with Gasteiger partial charge in [-0.2, -0.15) is 0 Å². The Labute approximate surface area is 142 Å². The van der Waals surface area contributed by atoms with Crippen LogP contribution in [0.2, 0.25) is 0 Å². The number of nitrogens with one attached hydrogen (secondary N) is 2. The van der Waals surface area contributed by atoms with Crippen molar-refractivity contribution in [2.45, 2.75) is 31.2 Å². The van der Waals surface area contributed by atoms with Gasteiger partial charge in [0.25, 0.3) is 0 Å². The standard InChI is InChI=1S/C20H22N2O2/c23-19-12-11-18(22-19)20(24)21-14-13-17(15-7-3-1-4-8-15)16-9-5-2-6-10-16/h1-10,17-18H,11-14H2,(H,21,24)(H,22,23). The van der Waals surface area contributed by atoms with Crippen molar-refractivity contribution in [3.8, 4) is 0 Å².